The molecule has 2 aromatic rings. The summed E-state index contributed by atoms with van der Waals surface area (Å²) in [7, 11) is 1.61. The van der Waals surface area contributed by atoms with E-state index < -0.39 is 4.92 Å². The van der Waals surface area contributed by atoms with Gasteiger partial charge in [0, 0.05) is 23.7 Å². The first-order valence-corrected chi connectivity index (χ1v) is 7.28. The Hall–Kier alpha value is -2.60. The molecule has 0 fully saturated rings. The van der Waals surface area contributed by atoms with Gasteiger partial charge in [-0.25, -0.2) is 0 Å². The largest absolute Gasteiger partial charge is 0.496 e. The van der Waals surface area contributed by atoms with Crippen LogP contribution in [0.15, 0.2) is 42.5 Å². The zero-order valence-corrected chi connectivity index (χ0v) is 13.2. The summed E-state index contributed by atoms with van der Waals surface area (Å²) >= 11 is 0. The van der Waals surface area contributed by atoms with Crippen molar-refractivity contribution in [3.05, 3.63) is 63.7 Å². The summed E-state index contributed by atoms with van der Waals surface area (Å²) in [6, 6.07) is 12.0. The summed E-state index contributed by atoms with van der Waals surface area (Å²) in [5, 5.41) is 10.6. The summed E-state index contributed by atoms with van der Waals surface area (Å²) in [5.41, 5.74) is 7.89. The summed E-state index contributed by atoms with van der Waals surface area (Å²) in [6.07, 6.45) is 0.772. The summed E-state index contributed by atoms with van der Waals surface area (Å²) in [4.78, 5) is 10.2. The van der Waals surface area contributed by atoms with Crippen LogP contribution in [0.25, 0.3) is 0 Å². The van der Waals surface area contributed by atoms with E-state index in [4.69, 9.17) is 15.2 Å². The van der Waals surface area contributed by atoms with Gasteiger partial charge in [-0.3, -0.25) is 10.1 Å². The number of ether oxygens (including phenoxy) is 2. The molecule has 0 radical (unpaired) electrons. The van der Waals surface area contributed by atoms with E-state index in [2.05, 4.69) is 0 Å². The van der Waals surface area contributed by atoms with Crippen LogP contribution in [0.4, 0.5) is 5.69 Å². The maximum absolute atomic E-state index is 10.6. The quantitative estimate of drug-likeness (QED) is 0.626. The van der Waals surface area contributed by atoms with Crippen molar-refractivity contribution in [2.24, 2.45) is 5.73 Å². The van der Waals surface area contributed by atoms with Gasteiger partial charge in [-0.15, -0.1) is 0 Å². The van der Waals surface area contributed by atoms with Crippen molar-refractivity contribution in [3.63, 3.8) is 0 Å². The molecule has 0 aliphatic heterocycles. The lowest BCUT2D eigenvalue weighted by molar-refractivity contribution is -0.384. The summed E-state index contributed by atoms with van der Waals surface area (Å²) in [6.45, 7) is 2.27. The van der Waals surface area contributed by atoms with E-state index in [0.29, 0.717) is 12.4 Å². The zero-order chi connectivity index (χ0) is 16.8. The fourth-order valence-electron chi connectivity index (χ4n) is 2.27. The molecule has 0 saturated carbocycles. The van der Waals surface area contributed by atoms with Crippen molar-refractivity contribution in [2.75, 3.05) is 7.11 Å². The molecule has 23 heavy (non-hydrogen) atoms. The highest BCUT2D eigenvalue weighted by Gasteiger charge is 2.08. The minimum absolute atomic E-state index is 0.0360. The Morgan fingerprint density at radius 3 is 2.48 bits per heavy atom. The number of nitro benzene ring substituents is 1. The molecule has 0 aromatic heterocycles. The van der Waals surface area contributed by atoms with Crippen molar-refractivity contribution >= 4 is 5.69 Å². The van der Waals surface area contributed by atoms with E-state index in [9.17, 15) is 10.1 Å². The number of non-ortho nitro benzene ring substituents is 1. The Morgan fingerprint density at radius 2 is 1.91 bits per heavy atom. The number of methoxy groups -OCH3 is 1. The van der Waals surface area contributed by atoms with E-state index in [1.165, 1.54) is 12.1 Å². The molecule has 6 nitrogen and oxygen atoms in total. The van der Waals surface area contributed by atoms with E-state index >= 15 is 0 Å². The molecule has 2 N–H and O–H groups in total. The first-order valence-electron chi connectivity index (χ1n) is 7.28. The average molecular weight is 316 g/mol. The number of nitrogens with zero attached hydrogens (tertiary/aromatic N) is 1. The normalized spacial score (nSPS) is 11.8. The monoisotopic (exact) mass is 316 g/mol. The molecule has 2 aromatic carbocycles. The van der Waals surface area contributed by atoms with Crippen LogP contribution < -0.4 is 15.2 Å². The van der Waals surface area contributed by atoms with Gasteiger partial charge in [0.1, 0.15) is 18.1 Å². The molecule has 0 bridgehead atoms. The van der Waals surface area contributed by atoms with Crippen molar-refractivity contribution in [1.29, 1.82) is 0 Å². The molecule has 122 valence electrons. The van der Waals surface area contributed by atoms with Gasteiger partial charge in [0.15, 0.2) is 0 Å². The third-order valence-electron chi connectivity index (χ3n) is 3.34. The Balaban J connectivity index is 2.10. The maximum Gasteiger partial charge on any atom is 0.269 e. The molecule has 0 spiro atoms. The maximum atomic E-state index is 10.6. The molecule has 1 atom stereocenters. The molecular weight excluding hydrogens is 296 g/mol. The zero-order valence-electron chi connectivity index (χ0n) is 13.2. The van der Waals surface area contributed by atoms with Gasteiger partial charge in [-0.1, -0.05) is 6.07 Å². The highest BCUT2D eigenvalue weighted by atomic mass is 16.6. The second-order valence-electron chi connectivity index (χ2n) is 5.37. The van der Waals surface area contributed by atoms with Crippen LogP contribution in [0.5, 0.6) is 11.5 Å². The predicted octanol–water partition coefficient (Wildman–Crippen LogP) is 3.07. The predicted molar refractivity (Wildman–Crippen MR) is 87.8 cm³/mol. The lowest BCUT2D eigenvalue weighted by atomic mass is 10.0. The molecule has 2 rings (SSSR count). The standard InChI is InChI=1S/C17H20N2O4/c1-12(18)9-13-3-8-17(22-2)14(10-13)11-23-16-6-4-15(5-7-16)19(20)21/h3-8,10,12H,9,11,18H2,1-2H3. The van der Waals surface area contributed by atoms with Crippen LogP contribution in [0.2, 0.25) is 0 Å². The van der Waals surface area contributed by atoms with Gasteiger partial charge in [0.25, 0.3) is 5.69 Å². The Bertz CT molecular complexity index is 669. The highest BCUT2D eigenvalue weighted by molar-refractivity contribution is 5.39. The number of hydrogen-bond acceptors (Lipinski definition) is 5. The number of rotatable bonds is 7. The Kier molecular flexibility index (Phi) is 5.54. The summed E-state index contributed by atoms with van der Waals surface area (Å²) < 4.78 is 11.0. The number of nitrogens with two attached hydrogens (primary N) is 1. The summed E-state index contributed by atoms with van der Waals surface area (Å²) in [5.74, 6) is 1.30. The molecule has 1 unspecified atom stereocenters. The Labute approximate surface area is 135 Å². The fraction of sp³-hybridized carbons (Fsp3) is 0.294. The van der Waals surface area contributed by atoms with Crippen molar-refractivity contribution in [3.8, 4) is 11.5 Å². The smallest absolute Gasteiger partial charge is 0.269 e. The highest BCUT2D eigenvalue weighted by Crippen LogP contribution is 2.24. The van der Waals surface area contributed by atoms with Gasteiger partial charge in [-0.05, 0) is 43.2 Å². The first-order chi connectivity index (χ1) is 11.0. The van der Waals surface area contributed by atoms with Crippen LogP contribution in [0, 0.1) is 10.1 Å². The SMILES string of the molecule is COc1ccc(CC(C)N)cc1COc1ccc([N+](=O)[O-])cc1. The second kappa shape index (κ2) is 7.60. The molecule has 0 aliphatic carbocycles. The van der Waals surface area contributed by atoms with Gasteiger partial charge >= 0.3 is 0 Å². The molecule has 0 heterocycles. The lowest BCUT2D eigenvalue weighted by Gasteiger charge is -2.13. The third kappa shape index (κ3) is 4.69. The van der Waals surface area contributed by atoms with Crippen LogP contribution >= 0.6 is 0 Å². The van der Waals surface area contributed by atoms with Gasteiger partial charge in [-0.2, -0.15) is 0 Å². The van der Waals surface area contributed by atoms with Gasteiger partial charge in [0.2, 0.25) is 0 Å². The van der Waals surface area contributed by atoms with Gasteiger partial charge < -0.3 is 15.2 Å². The lowest BCUT2D eigenvalue weighted by Crippen LogP contribution is -2.17. The molecule has 0 aliphatic rings. The van der Waals surface area contributed by atoms with E-state index in [0.717, 1.165) is 23.3 Å². The van der Waals surface area contributed by atoms with Crippen LogP contribution in [0.1, 0.15) is 18.1 Å². The van der Waals surface area contributed by atoms with Crippen molar-refractivity contribution in [2.45, 2.75) is 26.0 Å². The van der Waals surface area contributed by atoms with Crippen LogP contribution in [-0.2, 0) is 13.0 Å². The average Bonchev–Trinajstić information content (AvgIpc) is 2.53. The molecular formula is C17H20N2O4. The van der Waals surface area contributed by atoms with Gasteiger partial charge in [0.05, 0.1) is 12.0 Å². The Morgan fingerprint density at radius 1 is 1.22 bits per heavy atom. The first kappa shape index (κ1) is 16.8. The molecule has 0 saturated heterocycles. The molecule has 6 heteroatoms. The van der Waals surface area contributed by atoms with Crippen molar-refractivity contribution < 1.29 is 14.4 Å². The number of nitro groups is 1. The minimum atomic E-state index is -0.440. The molecule has 0 amide bonds. The number of benzene rings is 2. The third-order valence-corrected chi connectivity index (χ3v) is 3.34. The van der Waals surface area contributed by atoms with E-state index in [-0.39, 0.29) is 11.7 Å². The second-order valence-corrected chi connectivity index (χ2v) is 5.37. The minimum Gasteiger partial charge on any atom is -0.496 e. The fourth-order valence-corrected chi connectivity index (χ4v) is 2.27. The van der Waals surface area contributed by atoms with E-state index in [1.807, 2.05) is 25.1 Å². The number of hydrogen-bond donors (Lipinski definition) is 1. The van der Waals surface area contributed by atoms with Crippen LogP contribution in [0.3, 0.4) is 0 Å². The van der Waals surface area contributed by atoms with Crippen LogP contribution in [-0.4, -0.2) is 18.1 Å². The van der Waals surface area contributed by atoms with Crippen molar-refractivity contribution in [1.82, 2.24) is 0 Å². The topological polar surface area (TPSA) is 87.6 Å². The van der Waals surface area contributed by atoms with E-state index in [1.54, 1.807) is 19.2 Å².